The summed E-state index contributed by atoms with van der Waals surface area (Å²) in [5, 5.41) is 7.51. The summed E-state index contributed by atoms with van der Waals surface area (Å²) in [6.45, 7) is 15.7. The topological polar surface area (TPSA) is 70.1 Å². The molecule has 0 fully saturated rings. The summed E-state index contributed by atoms with van der Waals surface area (Å²) in [7, 11) is 0. The van der Waals surface area contributed by atoms with Gasteiger partial charge in [0.05, 0.1) is 22.4 Å². The average Bonchev–Trinajstić information content (AvgIpc) is 4.17. The molecule has 8 aromatic carbocycles. The molecule has 0 amide bonds. The van der Waals surface area contributed by atoms with E-state index in [9.17, 15) is 0 Å². The molecule has 0 aliphatic rings. The first-order chi connectivity index (χ1) is 34.0. The molecule has 0 aliphatic heterocycles. The fraction of sp³-hybridized carbons (Fsp3) is 0.156. The van der Waals surface area contributed by atoms with Crippen molar-refractivity contribution in [2.75, 3.05) is 0 Å². The molecule has 0 aliphatic carbocycles. The Labute approximate surface area is 426 Å². The van der Waals surface area contributed by atoms with Crippen LogP contribution in [-0.2, 0) is 25.5 Å². The maximum absolute atomic E-state index is 6.86. The molecular formula is C64H51IrN3O3-2. The molecule has 0 saturated carbocycles. The van der Waals surface area contributed by atoms with Crippen molar-refractivity contribution in [1.29, 1.82) is 0 Å². The van der Waals surface area contributed by atoms with Gasteiger partial charge < -0.3 is 22.8 Å². The molecule has 13 rings (SSSR count). The fourth-order valence-corrected chi connectivity index (χ4v) is 9.98. The Hall–Kier alpha value is -7.57. The minimum Gasteiger partial charge on any atom is -0.501 e. The first-order valence-corrected chi connectivity index (χ1v) is 24.2. The van der Waals surface area contributed by atoms with Gasteiger partial charge in [0.15, 0.2) is 0 Å². The number of hydrogen-bond donors (Lipinski definition) is 0. The number of imidazole rings is 1. The van der Waals surface area contributed by atoms with Crippen molar-refractivity contribution < 1.29 is 33.4 Å². The number of rotatable bonds is 6. The Morgan fingerprint density at radius 2 is 1.23 bits per heavy atom. The Morgan fingerprint density at radius 1 is 0.549 bits per heavy atom. The average molecular weight is 1100 g/mol. The van der Waals surface area contributed by atoms with Crippen LogP contribution in [-0.4, -0.2) is 14.5 Å². The van der Waals surface area contributed by atoms with Gasteiger partial charge in [-0.1, -0.05) is 138 Å². The fourth-order valence-electron chi connectivity index (χ4n) is 9.98. The van der Waals surface area contributed by atoms with Crippen molar-refractivity contribution in [3.8, 4) is 39.7 Å². The van der Waals surface area contributed by atoms with E-state index in [0.29, 0.717) is 0 Å². The van der Waals surface area contributed by atoms with Gasteiger partial charge in [-0.15, -0.1) is 54.1 Å². The molecule has 6 nitrogen and oxygen atoms in total. The summed E-state index contributed by atoms with van der Waals surface area (Å²) >= 11 is 0. The van der Waals surface area contributed by atoms with Crippen LogP contribution in [0.1, 0.15) is 77.0 Å². The smallest absolute Gasteiger partial charge is 0.136 e. The summed E-state index contributed by atoms with van der Waals surface area (Å²) in [6, 6.07) is 63.3. The van der Waals surface area contributed by atoms with Crippen molar-refractivity contribution in [3.05, 3.63) is 199 Å². The van der Waals surface area contributed by atoms with Gasteiger partial charge in [-0.05, 0) is 93.6 Å². The Bertz CT molecular complexity index is 4050. The van der Waals surface area contributed by atoms with Crippen LogP contribution in [0.4, 0.5) is 0 Å². The summed E-state index contributed by atoms with van der Waals surface area (Å²) in [6.07, 6.45) is 1.95. The van der Waals surface area contributed by atoms with Crippen LogP contribution in [0.5, 0.6) is 0 Å². The maximum atomic E-state index is 6.86. The van der Waals surface area contributed by atoms with Crippen molar-refractivity contribution in [2.45, 2.75) is 65.7 Å². The molecule has 0 N–H and O–H groups in total. The molecule has 0 atom stereocenters. The van der Waals surface area contributed by atoms with E-state index in [0.717, 1.165) is 116 Å². The molecule has 71 heavy (non-hydrogen) atoms. The van der Waals surface area contributed by atoms with Gasteiger partial charge >= 0.3 is 0 Å². The molecule has 351 valence electrons. The number of nitrogens with zero attached hydrogens (tertiary/aromatic N) is 3. The van der Waals surface area contributed by atoms with Crippen LogP contribution in [0.15, 0.2) is 183 Å². The number of pyridine rings is 1. The minimum absolute atomic E-state index is 0. The number of hydrogen-bond acceptors (Lipinski definition) is 5. The second-order valence-electron chi connectivity index (χ2n) is 20.0. The van der Waals surface area contributed by atoms with Crippen molar-refractivity contribution in [2.24, 2.45) is 0 Å². The van der Waals surface area contributed by atoms with Crippen LogP contribution < -0.4 is 0 Å². The third-order valence-electron chi connectivity index (χ3n) is 13.7. The SMILES string of the molecule is CC(C)(C)c1ccc(-c2[c-]cccc2)nc1.CC(C)c1cc(-c2cc3ccccc3o2)cc(C(C)C)c1-n1c(-c2[c-]ccc3c2oc2cc4c(cc23)oc2ccccc24)nc2ccc3ccccc3c21.[Ir]. The van der Waals surface area contributed by atoms with E-state index in [1.165, 1.54) is 16.7 Å². The predicted octanol–water partition coefficient (Wildman–Crippen LogP) is 17.9. The van der Waals surface area contributed by atoms with Crippen LogP contribution in [0.25, 0.3) is 116 Å². The third-order valence-corrected chi connectivity index (χ3v) is 13.7. The van der Waals surface area contributed by atoms with Crippen LogP contribution in [0.3, 0.4) is 0 Å². The summed E-state index contributed by atoms with van der Waals surface area (Å²) < 4.78 is 22.0. The minimum atomic E-state index is 0. The summed E-state index contributed by atoms with van der Waals surface area (Å²) in [4.78, 5) is 9.94. The first kappa shape index (κ1) is 45.8. The van der Waals surface area contributed by atoms with E-state index in [1.54, 1.807) is 0 Å². The van der Waals surface area contributed by atoms with E-state index in [4.69, 9.17) is 18.2 Å². The molecule has 0 spiro atoms. The predicted molar refractivity (Wildman–Crippen MR) is 288 cm³/mol. The van der Waals surface area contributed by atoms with Crippen molar-refractivity contribution in [1.82, 2.24) is 14.5 Å². The molecule has 0 bridgehead atoms. The summed E-state index contributed by atoms with van der Waals surface area (Å²) in [5.41, 5.74) is 15.0. The number of furan rings is 3. The van der Waals surface area contributed by atoms with Gasteiger partial charge in [-0.2, -0.15) is 0 Å². The third kappa shape index (κ3) is 8.04. The van der Waals surface area contributed by atoms with E-state index >= 15 is 0 Å². The van der Waals surface area contributed by atoms with E-state index in [-0.39, 0.29) is 37.4 Å². The normalized spacial score (nSPS) is 12.0. The zero-order valence-electron chi connectivity index (χ0n) is 40.7. The molecular weight excluding hydrogens is 1050 g/mol. The number of fused-ring (bicyclic) bond motifs is 10. The number of para-hydroxylation sites is 2. The van der Waals surface area contributed by atoms with Gasteiger partial charge in [0, 0.05) is 64.5 Å². The molecule has 5 heterocycles. The van der Waals surface area contributed by atoms with Crippen LogP contribution in [0.2, 0.25) is 0 Å². The summed E-state index contributed by atoms with van der Waals surface area (Å²) in [5.74, 6) is 2.05. The van der Waals surface area contributed by atoms with E-state index in [2.05, 4.69) is 173 Å². The number of aromatic nitrogens is 3. The standard InChI is InChI=1S/C49H35N2O3.C15H16N.Ir/c1-27(2)36-22-31(43-24-30-13-6-9-18-41(30)52-43)23-37(28(3)4)46(36)51-47-32-14-7-5-12-29(32)20-21-40(47)50-49(51)35-17-11-16-34-39-26-44-38(25-45(39)54-48(34)35)33-15-8-10-19-42(33)53-44;1-15(2,3)13-9-10-14(16-11-13)12-7-5-4-6-8-12;/h5-16,18-28H,1-4H3;4-7,9-11H,1-3H3;/q2*-1;. The Morgan fingerprint density at radius 3 is 1.92 bits per heavy atom. The van der Waals surface area contributed by atoms with E-state index in [1.807, 2.05) is 66.9 Å². The zero-order valence-corrected chi connectivity index (χ0v) is 43.1. The number of benzene rings is 8. The van der Waals surface area contributed by atoms with E-state index < -0.39 is 0 Å². The Kier molecular flexibility index (Phi) is 11.6. The molecule has 13 aromatic rings. The molecule has 1 radical (unpaired) electrons. The second kappa shape index (κ2) is 18.0. The van der Waals surface area contributed by atoms with Crippen LogP contribution >= 0.6 is 0 Å². The van der Waals surface area contributed by atoms with Crippen LogP contribution in [0, 0.1) is 12.1 Å². The quantitative estimate of drug-likeness (QED) is 0.155. The van der Waals surface area contributed by atoms with Crippen molar-refractivity contribution >= 4 is 76.7 Å². The first-order valence-electron chi connectivity index (χ1n) is 24.2. The van der Waals surface area contributed by atoms with Crippen molar-refractivity contribution in [3.63, 3.8) is 0 Å². The largest absolute Gasteiger partial charge is 0.501 e. The maximum Gasteiger partial charge on any atom is 0.136 e. The van der Waals surface area contributed by atoms with Gasteiger partial charge in [0.1, 0.15) is 28.1 Å². The van der Waals surface area contributed by atoms with Gasteiger partial charge in [0.25, 0.3) is 0 Å². The molecule has 7 heteroatoms. The Balaban J connectivity index is 0.000000275. The van der Waals surface area contributed by atoms with Gasteiger partial charge in [0.2, 0.25) is 0 Å². The molecule has 0 unspecified atom stereocenters. The second-order valence-corrected chi connectivity index (χ2v) is 20.0. The molecule has 5 aromatic heterocycles. The monoisotopic (exact) mass is 1100 g/mol. The van der Waals surface area contributed by atoms with Gasteiger partial charge in [-0.3, -0.25) is 4.98 Å². The zero-order chi connectivity index (χ0) is 47.8. The molecule has 0 saturated heterocycles. The van der Waals surface area contributed by atoms with Gasteiger partial charge in [-0.25, -0.2) is 0 Å².